The van der Waals surface area contributed by atoms with Gasteiger partial charge in [-0.25, -0.2) is 0 Å². The lowest BCUT2D eigenvalue weighted by Gasteiger charge is -2.45. The zero-order valence-corrected chi connectivity index (χ0v) is 10.6. The van der Waals surface area contributed by atoms with Crippen LogP contribution in [0.2, 0.25) is 0 Å². The molecule has 16 heavy (non-hydrogen) atoms. The molecule has 1 fully saturated rings. The first-order valence-electron chi connectivity index (χ1n) is 6.38. The predicted octanol–water partition coefficient (Wildman–Crippen LogP) is 2.67. The molecule has 94 valence electrons. The van der Waals surface area contributed by atoms with Gasteiger partial charge in [-0.05, 0) is 31.1 Å². The van der Waals surface area contributed by atoms with E-state index in [0.717, 1.165) is 19.3 Å². The van der Waals surface area contributed by atoms with Gasteiger partial charge in [0.1, 0.15) is 0 Å². The lowest BCUT2D eigenvalue weighted by Crippen LogP contribution is -2.51. The Morgan fingerprint density at radius 1 is 1.44 bits per heavy atom. The average molecular weight is 228 g/mol. The Bertz CT molecular complexity index is 250. The molecular formula is C13H24O3. The lowest BCUT2D eigenvalue weighted by molar-refractivity contribution is -0.165. The molecule has 0 aromatic carbocycles. The molecule has 3 nitrogen and oxygen atoms in total. The summed E-state index contributed by atoms with van der Waals surface area (Å²) in [5, 5.41) is 20.0. The SMILES string of the molecule is CCC(C(=O)O)C1(O)CCCCC1C(C)C. The molecule has 1 aliphatic carbocycles. The third kappa shape index (κ3) is 2.40. The largest absolute Gasteiger partial charge is 0.481 e. The van der Waals surface area contributed by atoms with Crippen LogP contribution in [0.25, 0.3) is 0 Å². The molecule has 3 atom stereocenters. The van der Waals surface area contributed by atoms with Gasteiger partial charge < -0.3 is 10.2 Å². The van der Waals surface area contributed by atoms with Crippen LogP contribution in [0.15, 0.2) is 0 Å². The van der Waals surface area contributed by atoms with E-state index in [0.29, 0.717) is 18.8 Å². The fourth-order valence-corrected chi connectivity index (χ4v) is 3.29. The standard InChI is InChI=1S/C13H24O3/c1-4-10(12(14)15)13(16)8-6-5-7-11(13)9(2)3/h9-11,16H,4-8H2,1-3H3,(H,14,15). The van der Waals surface area contributed by atoms with E-state index in [9.17, 15) is 15.0 Å². The van der Waals surface area contributed by atoms with Crippen molar-refractivity contribution in [2.75, 3.05) is 0 Å². The summed E-state index contributed by atoms with van der Waals surface area (Å²) in [6.45, 7) is 6.01. The number of carbonyl (C=O) groups is 1. The topological polar surface area (TPSA) is 57.5 Å². The highest BCUT2D eigenvalue weighted by molar-refractivity contribution is 5.71. The molecule has 0 heterocycles. The summed E-state index contributed by atoms with van der Waals surface area (Å²) in [6.07, 6.45) is 4.17. The first-order chi connectivity index (χ1) is 7.43. The summed E-state index contributed by atoms with van der Waals surface area (Å²) in [5.74, 6) is -0.987. The van der Waals surface area contributed by atoms with Gasteiger partial charge in [-0.1, -0.05) is 33.6 Å². The molecule has 1 aliphatic rings. The molecule has 2 N–H and O–H groups in total. The minimum absolute atomic E-state index is 0.127. The first-order valence-corrected chi connectivity index (χ1v) is 6.38. The van der Waals surface area contributed by atoms with E-state index in [1.165, 1.54) is 0 Å². The summed E-state index contributed by atoms with van der Waals surface area (Å²) in [4.78, 5) is 11.2. The lowest BCUT2D eigenvalue weighted by atomic mass is 9.64. The van der Waals surface area contributed by atoms with Gasteiger partial charge in [0.05, 0.1) is 11.5 Å². The molecule has 0 amide bonds. The maximum Gasteiger partial charge on any atom is 0.309 e. The van der Waals surface area contributed by atoms with Crippen molar-refractivity contribution in [2.45, 2.75) is 58.5 Å². The zero-order chi connectivity index (χ0) is 12.3. The third-order valence-corrected chi connectivity index (χ3v) is 4.10. The van der Waals surface area contributed by atoms with Crippen molar-refractivity contribution < 1.29 is 15.0 Å². The molecule has 3 unspecified atom stereocenters. The van der Waals surface area contributed by atoms with Crippen LogP contribution in [-0.4, -0.2) is 21.8 Å². The van der Waals surface area contributed by atoms with E-state index in [-0.39, 0.29) is 5.92 Å². The Labute approximate surface area is 97.9 Å². The Hall–Kier alpha value is -0.570. The van der Waals surface area contributed by atoms with Gasteiger partial charge in [-0.3, -0.25) is 4.79 Å². The van der Waals surface area contributed by atoms with Crippen molar-refractivity contribution >= 4 is 5.97 Å². The summed E-state index contributed by atoms with van der Waals surface area (Å²) in [6, 6.07) is 0. The quantitative estimate of drug-likeness (QED) is 0.777. The highest BCUT2D eigenvalue weighted by atomic mass is 16.4. The number of hydrogen-bond donors (Lipinski definition) is 2. The molecule has 0 saturated heterocycles. The second kappa shape index (κ2) is 5.17. The second-order valence-electron chi connectivity index (χ2n) is 5.39. The third-order valence-electron chi connectivity index (χ3n) is 4.10. The minimum atomic E-state index is -0.993. The number of rotatable bonds is 4. The Kier molecular flexibility index (Phi) is 4.36. The van der Waals surface area contributed by atoms with E-state index in [1.54, 1.807) is 0 Å². The Morgan fingerprint density at radius 2 is 2.06 bits per heavy atom. The van der Waals surface area contributed by atoms with Crippen molar-refractivity contribution in [2.24, 2.45) is 17.8 Å². The van der Waals surface area contributed by atoms with Crippen molar-refractivity contribution in [3.63, 3.8) is 0 Å². The number of aliphatic hydroxyl groups is 1. The van der Waals surface area contributed by atoms with Crippen LogP contribution in [0.5, 0.6) is 0 Å². The maximum absolute atomic E-state index is 11.2. The molecule has 0 aromatic rings. The Morgan fingerprint density at radius 3 is 2.50 bits per heavy atom. The van der Waals surface area contributed by atoms with Crippen LogP contribution in [0.1, 0.15) is 52.9 Å². The molecule has 1 saturated carbocycles. The van der Waals surface area contributed by atoms with E-state index in [2.05, 4.69) is 13.8 Å². The number of carboxylic acids is 1. The fraction of sp³-hybridized carbons (Fsp3) is 0.923. The van der Waals surface area contributed by atoms with Crippen molar-refractivity contribution in [1.82, 2.24) is 0 Å². The second-order valence-corrected chi connectivity index (χ2v) is 5.39. The average Bonchev–Trinajstić information content (AvgIpc) is 2.17. The van der Waals surface area contributed by atoms with Crippen molar-refractivity contribution in [3.05, 3.63) is 0 Å². The fourth-order valence-electron chi connectivity index (χ4n) is 3.29. The van der Waals surface area contributed by atoms with Gasteiger partial charge in [0.25, 0.3) is 0 Å². The number of carboxylic acid groups (broad SMARTS) is 1. The van der Waals surface area contributed by atoms with Crippen LogP contribution in [0.4, 0.5) is 0 Å². The molecule has 0 spiro atoms. The van der Waals surface area contributed by atoms with E-state index >= 15 is 0 Å². The zero-order valence-electron chi connectivity index (χ0n) is 10.6. The monoisotopic (exact) mass is 228 g/mol. The van der Waals surface area contributed by atoms with E-state index < -0.39 is 17.5 Å². The maximum atomic E-state index is 11.2. The number of aliphatic carboxylic acids is 1. The summed E-state index contributed by atoms with van der Waals surface area (Å²) in [5.41, 5.74) is -0.993. The molecule has 3 heteroatoms. The van der Waals surface area contributed by atoms with Crippen LogP contribution in [0, 0.1) is 17.8 Å². The first kappa shape index (κ1) is 13.5. The van der Waals surface area contributed by atoms with Crippen molar-refractivity contribution in [1.29, 1.82) is 0 Å². The molecule has 0 radical (unpaired) electrons. The van der Waals surface area contributed by atoms with Gasteiger partial charge in [-0.2, -0.15) is 0 Å². The summed E-state index contributed by atoms with van der Waals surface area (Å²) < 4.78 is 0. The predicted molar refractivity (Wildman–Crippen MR) is 63.2 cm³/mol. The smallest absolute Gasteiger partial charge is 0.309 e. The summed E-state index contributed by atoms with van der Waals surface area (Å²) >= 11 is 0. The highest BCUT2D eigenvalue weighted by Crippen LogP contribution is 2.44. The Balaban J connectivity index is 2.96. The molecule has 1 rings (SSSR count). The van der Waals surface area contributed by atoms with Crippen LogP contribution in [0.3, 0.4) is 0 Å². The highest BCUT2D eigenvalue weighted by Gasteiger charge is 2.48. The number of hydrogen-bond acceptors (Lipinski definition) is 2. The molecule has 0 aliphatic heterocycles. The molecule has 0 aromatic heterocycles. The van der Waals surface area contributed by atoms with Crippen LogP contribution in [-0.2, 0) is 4.79 Å². The van der Waals surface area contributed by atoms with Gasteiger partial charge in [0, 0.05) is 0 Å². The van der Waals surface area contributed by atoms with Gasteiger partial charge in [0.15, 0.2) is 0 Å². The molecular weight excluding hydrogens is 204 g/mol. The van der Waals surface area contributed by atoms with E-state index in [4.69, 9.17) is 0 Å². The van der Waals surface area contributed by atoms with E-state index in [1.807, 2.05) is 6.92 Å². The van der Waals surface area contributed by atoms with Gasteiger partial charge in [0.2, 0.25) is 0 Å². The minimum Gasteiger partial charge on any atom is -0.481 e. The molecule has 0 bridgehead atoms. The van der Waals surface area contributed by atoms with Crippen LogP contribution >= 0.6 is 0 Å². The van der Waals surface area contributed by atoms with Crippen molar-refractivity contribution in [3.8, 4) is 0 Å². The van der Waals surface area contributed by atoms with Gasteiger partial charge in [-0.15, -0.1) is 0 Å². The normalized spacial score (nSPS) is 32.7. The summed E-state index contributed by atoms with van der Waals surface area (Å²) in [7, 11) is 0. The van der Waals surface area contributed by atoms with Crippen LogP contribution < -0.4 is 0 Å². The van der Waals surface area contributed by atoms with Gasteiger partial charge >= 0.3 is 5.97 Å².